The van der Waals surface area contributed by atoms with Gasteiger partial charge in [-0.15, -0.1) is 0 Å². The van der Waals surface area contributed by atoms with Crippen LogP contribution in [-0.2, 0) is 0 Å². The Morgan fingerprint density at radius 3 is 2.55 bits per heavy atom. The zero-order valence-corrected chi connectivity index (χ0v) is 13.0. The van der Waals surface area contributed by atoms with Crippen molar-refractivity contribution < 1.29 is 4.74 Å². The second-order valence-electron chi connectivity index (χ2n) is 6.64. The van der Waals surface area contributed by atoms with Gasteiger partial charge < -0.3 is 10.1 Å². The second-order valence-corrected chi connectivity index (χ2v) is 6.64. The molecule has 0 aromatic heterocycles. The molecule has 0 bridgehead atoms. The average molecular weight is 275 g/mol. The number of hydrogen-bond donors (Lipinski definition) is 1. The first-order chi connectivity index (χ1) is 9.70. The molecule has 1 aliphatic carbocycles. The molecular formula is C18H29NO. The van der Waals surface area contributed by atoms with E-state index in [1.54, 1.807) is 0 Å². The molecule has 0 spiro atoms. The summed E-state index contributed by atoms with van der Waals surface area (Å²) in [7, 11) is 0. The summed E-state index contributed by atoms with van der Waals surface area (Å²) in [5.41, 5.74) is 0.564. The minimum Gasteiger partial charge on any atom is -0.494 e. The molecule has 2 heteroatoms. The van der Waals surface area contributed by atoms with Gasteiger partial charge in [0.05, 0.1) is 6.61 Å². The van der Waals surface area contributed by atoms with Crippen molar-refractivity contribution in [2.24, 2.45) is 11.3 Å². The third kappa shape index (κ3) is 4.82. The minimum atomic E-state index is 0.564. The van der Waals surface area contributed by atoms with Crippen molar-refractivity contribution in [3.63, 3.8) is 0 Å². The summed E-state index contributed by atoms with van der Waals surface area (Å²) in [4.78, 5) is 0. The number of para-hydroxylation sites is 1. The van der Waals surface area contributed by atoms with Crippen LogP contribution >= 0.6 is 0 Å². The van der Waals surface area contributed by atoms with Crippen LogP contribution in [0.2, 0.25) is 0 Å². The molecule has 1 N–H and O–H groups in total. The average Bonchev–Trinajstić information content (AvgIpc) is 2.40. The number of nitrogens with one attached hydrogen (secondary N) is 1. The van der Waals surface area contributed by atoms with Crippen LogP contribution in [0, 0.1) is 11.3 Å². The zero-order valence-electron chi connectivity index (χ0n) is 13.0. The van der Waals surface area contributed by atoms with Gasteiger partial charge in [0, 0.05) is 6.54 Å². The van der Waals surface area contributed by atoms with E-state index in [0.29, 0.717) is 5.41 Å². The van der Waals surface area contributed by atoms with Gasteiger partial charge in [0.15, 0.2) is 0 Å². The maximum atomic E-state index is 5.79. The highest BCUT2D eigenvalue weighted by Crippen LogP contribution is 2.44. The summed E-state index contributed by atoms with van der Waals surface area (Å²) in [5, 5.41) is 3.65. The lowest BCUT2D eigenvalue weighted by molar-refractivity contribution is 0.105. The molecule has 1 saturated carbocycles. The first kappa shape index (κ1) is 15.4. The van der Waals surface area contributed by atoms with Crippen molar-refractivity contribution in [3.8, 4) is 5.75 Å². The molecule has 2 rings (SSSR count). The van der Waals surface area contributed by atoms with E-state index in [4.69, 9.17) is 4.74 Å². The third-order valence-electron chi connectivity index (χ3n) is 4.33. The Balaban J connectivity index is 1.63. The predicted octanol–water partition coefficient (Wildman–Crippen LogP) is 4.26. The number of benzene rings is 1. The molecule has 0 heterocycles. The summed E-state index contributed by atoms with van der Waals surface area (Å²) in [5.74, 6) is 1.74. The van der Waals surface area contributed by atoms with Crippen LogP contribution in [0.5, 0.6) is 5.75 Å². The normalized spacial score (nSPS) is 16.9. The first-order valence-electron chi connectivity index (χ1n) is 8.09. The molecule has 1 aromatic rings. The van der Waals surface area contributed by atoms with Crippen LogP contribution in [0.4, 0.5) is 0 Å². The standard InChI is InChI=1S/C18H29NO/c1-16(2)14-19-15-18(10-6-11-18)12-7-13-20-17-8-4-3-5-9-17/h3-5,8-9,16,19H,6-7,10-15H2,1-2H3. The highest BCUT2D eigenvalue weighted by molar-refractivity contribution is 5.20. The maximum absolute atomic E-state index is 5.79. The Hall–Kier alpha value is -1.02. The molecule has 20 heavy (non-hydrogen) atoms. The monoisotopic (exact) mass is 275 g/mol. The molecule has 0 aliphatic heterocycles. The number of hydrogen-bond acceptors (Lipinski definition) is 2. The van der Waals surface area contributed by atoms with E-state index >= 15 is 0 Å². The van der Waals surface area contributed by atoms with E-state index in [-0.39, 0.29) is 0 Å². The lowest BCUT2D eigenvalue weighted by atomic mass is 9.66. The fourth-order valence-electron chi connectivity index (χ4n) is 2.97. The highest BCUT2D eigenvalue weighted by atomic mass is 16.5. The number of rotatable bonds is 9. The van der Waals surface area contributed by atoms with Gasteiger partial charge >= 0.3 is 0 Å². The van der Waals surface area contributed by atoms with Crippen LogP contribution in [0.15, 0.2) is 30.3 Å². The van der Waals surface area contributed by atoms with E-state index < -0.39 is 0 Å². The van der Waals surface area contributed by atoms with E-state index in [1.807, 2.05) is 30.3 Å². The zero-order chi connectivity index (χ0) is 14.3. The Kier molecular flexibility index (Phi) is 5.90. The molecule has 0 atom stereocenters. The summed E-state index contributed by atoms with van der Waals surface area (Å²) in [6.45, 7) is 7.72. The SMILES string of the molecule is CC(C)CNCC1(CCCOc2ccccc2)CCC1. The smallest absolute Gasteiger partial charge is 0.119 e. The lowest BCUT2D eigenvalue weighted by Gasteiger charge is -2.42. The fourth-order valence-corrected chi connectivity index (χ4v) is 2.97. The van der Waals surface area contributed by atoms with Crippen molar-refractivity contribution in [2.45, 2.75) is 46.0 Å². The molecule has 0 unspecified atom stereocenters. The summed E-state index contributed by atoms with van der Waals surface area (Å²) < 4.78 is 5.79. The topological polar surface area (TPSA) is 21.3 Å². The van der Waals surface area contributed by atoms with Gasteiger partial charge in [-0.3, -0.25) is 0 Å². The Bertz CT molecular complexity index is 370. The van der Waals surface area contributed by atoms with Crippen molar-refractivity contribution in [2.75, 3.05) is 19.7 Å². The van der Waals surface area contributed by atoms with Crippen molar-refractivity contribution >= 4 is 0 Å². The van der Waals surface area contributed by atoms with Gasteiger partial charge in [-0.2, -0.15) is 0 Å². The molecule has 1 fully saturated rings. The predicted molar refractivity (Wildman–Crippen MR) is 85.2 cm³/mol. The van der Waals surface area contributed by atoms with Gasteiger partial charge in [0.1, 0.15) is 5.75 Å². The van der Waals surface area contributed by atoms with Crippen LogP contribution in [0.3, 0.4) is 0 Å². The van der Waals surface area contributed by atoms with Gasteiger partial charge in [-0.25, -0.2) is 0 Å². The van der Waals surface area contributed by atoms with E-state index in [0.717, 1.165) is 31.2 Å². The third-order valence-corrected chi connectivity index (χ3v) is 4.33. The summed E-state index contributed by atoms with van der Waals surface area (Å²) >= 11 is 0. The van der Waals surface area contributed by atoms with Crippen molar-refractivity contribution in [1.29, 1.82) is 0 Å². The molecule has 0 radical (unpaired) electrons. The van der Waals surface area contributed by atoms with Crippen molar-refractivity contribution in [3.05, 3.63) is 30.3 Å². The second kappa shape index (κ2) is 7.68. The first-order valence-corrected chi connectivity index (χ1v) is 8.09. The van der Waals surface area contributed by atoms with Gasteiger partial charge in [-0.05, 0) is 55.7 Å². The van der Waals surface area contributed by atoms with Gasteiger partial charge in [0.2, 0.25) is 0 Å². The van der Waals surface area contributed by atoms with Crippen LogP contribution < -0.4 is 10.1 Å². The Morgan fingerprint density at radius 1 is 1.20 bits per heavy atom. The van der Waals surface area contributed by atoms with Gasteiger partial charge in [0.25, 0.3) is 0 Å². The van der Waals surface area contributed by atoms with Crippen molar-refractivity contribution in [1.82, 2.24) is 5.32 Å². The largest absolute Gasteiger partial charge is 0.494 e. The number of ether oxygens (including phenoxy) is 1. The summed E-state index contributed by atoms with van der Waals surface area (Å²) in [6, 6.07) is 10.1. The molecule has 1 aromatic carbocycles. The Labute approximate surface area is 123 Å². The molecular weight excluding hydrogens is 246 g/mol. The quantitative estimate of drug-likeness (QED) is 0.680. The molecule has 0 saturated heterocycles. The lowest BCUT2D eigenvalue weighted by Crippen LogP contribution is -2.41. The van der Waals surface area contributed by atoms with Gasteiger partial charge in [-0.1, -0.05) is 38.5 Å². The highest BCUT2D eigenvalue weighted by Gasteiger charge is 2.35. The fraction of sp³-hybridized carbons (Fsp3) is 0.667. The van der Waals surface area contributed by atoms with Crippen LogP contribution in [0.25, 0.3) is 0 Å². The Morgan fingerprint density at radius 2 is 1.95 bits per heavy atom. The maximum Gasteiger partial charge on any atom is 0.119 e. The van der Waals surface area contributed by atoms with Crippen LogP contribution in [-0.4, -0.2) is 19.7 Å². The van der Waals surface area contributed by atoms with Crippen LogP contribution in [0.1, 0.15) is 46.0 Å². The van der Waals surface area contributed by atoms with E-state index in [2.05, 4.69) is 19.2 Å². The molecule has 1 aliphatic rings. The molecule has 0 amide bonds. The minimum absolute atomic E-state index is 0.564. The molecule has 112 valence electrons. The molecule has 2 nitrogen and oxygen atoms in total. The summed E-state index contributed by atoms with van der Waals surface area (Å²) in [6.07, 6.45) is 6.65. The van der Waals surface area contributed by atoms with E-state index in [9.17, 15) is 0 Å². The van der Waals surface area contributed by atoms with E-state index in [1.165, 1.54) is 32.2 Å².